The summed E-state index contributed by atoms with van der Waals surface area (Å²) in [6, 6.07) is 12.2. The Morgan fingerprint density at radius 2 is 2.04 bits per heavy atom. The number of aromatic nitrogens is 5. The molecule has 0 N–H and O–H groups in total. The molecule has 0 unspecified atom stereocenters. The number of aryl methyl sites for hydroxylation is 2. The van der Waals surface area contributed by atoms with E-state index in [4.69, 9.17) is 9.72 Å². The minimum absolute atomic E-state index is 0.742. The van der Waals surface area contributed by atoms with Gasteiger partial charge in [-0.15, -0.1) is 27.8 Å². The monoisotopic (exact) mass is 415 g/mol. The van der Waals surface area contributed by atoms with Crippen molar-refractivity contribution in [1.82, 2.24) is 25.2 Å². The molecule has 0 atom stereocenters. The fourth-order valence-electron chi connectivity index (χ4n) is 2.49. The lowest BCUT2D eigenvalue weighted by Crippen LogP contribution is -2.04. The smallest absolute Gasteiger partial charge is 0.209 e. The molecular weight excluding hydrogens is 398 g/mol. The van der Waals surface area contributed by atoms with Crippen molar-refractivity contribution in [3.8, 4) is 16.3 Å². The lowest BCUT2D eigenvalue weighted by atomic mass is 10.2. The summed E-state index contributed by atoms with van der Waals surface area (Å²) in [4.78, 5) is 6.07. The summed E-state index contributed by atoms with van der Waals surface area (Å²) in [5.74, 6) is 1.59. The van der Waals surface area contributed by atoms with E-state index in [1.807, 2.05) is 28.9 Å². The van der Waals surface area contributed by atoms with Crippen LogP contribution >= 0.6 is 34.4 Å². The first-order valence-corrected chi connectivity index (χ1v) is 11.1. The predicted molar refractivity (Wildman–Crippen MR) is 110 cm³/mol. The van der Waals surface area contributed by atoms with E-state index in [9.17, 15) is 0 Å². The molecular formula is C18H17N5OS3. The molecule has 4 aromatic rings. The number of hydrogen-bond acceptors (Lipinski definition) is 8. The molecule has 9 heteroatoms. The largest absolute Gasteiger partial charge is 0.497 e. The SMILES string of the molecule is COc1ccc(-c2nc(CSc3nnnn3CCc3cccs3)cs2)cc1. The van der Waals surface area contributed by atoms with Gasteiger partial charge in [0.05, 0.1) is 19.3 Å². The molecule has 0 aliphatic rings. The summed E-state index contributed by atoms with van der Waals surface area (Å²) in [6.07, 6.45) is 0.939. The zero-order valence-electron chi connectivity index (χ0n) is 14.6. The van der Waals surface area contributed by atoms with Crippen molar-refractivity contribution >= 4 is 34.4 Å². The Hall–Kier alpha value is -2.23. The van der Waals surface area contributed by atoms with Gasteiger partial charge < -0.3 is 4.74 Å². The van der Waals surface area contributed by atoms with E-state index in [0.717, 1.165) is 45.9 Å². The second-order valence-corrected chi connectivity index (χ2v) is 8.51. The molecule has 0 fully saturated rings. The third kappa shape index (κ3) is 4.55. The van der Waals surface area contributed by atoms with E-state index in [-0.39, 0.29) is 0 Å². The molecule has 0 saturated carbocycles. The molecule has 0 bridgehead atoms. The molecule has 0 aliphatic carbocycles. The standard InChI is InChI=1S/C18H17N5OS3/c1-24-15-6-4-13(5-7-15)17-19-14(11-26-17)12-27-18-20-21-22-23(18)9-8-16-3-2-10-25-16/h2-7,10-11H,8-9,12H2,1H3. The van der Waals surface area contributed by atoms with E-state index >= 15 is 0 Å². The molecule has 1 aromatic carbocycles. The van der Waals surface area contributed by atoms with Gasteiger partial charge in [0.1, 0.15) is 10.8 Å². The zero-order chi connectivity index (χ0) is 18.5. The second-order valence-electron chi connectivity index (χ2n) is 5.68. The first-order valence-electron chi connectivity index (χ1n) is 8.32. The Kier molecular flexibility index (Phi) is 5.81. The Labute approximate surface area is 169 Å². The number of nitrogens with zero attached hydrogens (tertiary/aromatic N) is 5. The van der Waals surface area contributed by atoms with E-state index in [2.05, 4.69) is 38.4 Å². The summed E-state index contributed by atoms with van der Waals surface area (Å²) in [6.45, 7) is 0.782. The fraction of sp³-hybridized carbons (Fsp3) is 0.222. The van der Waals surface area contributed by atoms with Crippen LogP contribution in [0.1, 0.15) is 10.6 Å². The Balaban J connectivity index is 1.37. The molecule has 138 valence electrons. The molecule has 4 rings (SSSR count). The van der Waals surface area contributed by atoms with Gasteiger partial charge in [0.15, 0.2) is 0 Å². The van der Waals surface area contributed by atoms with Gasteiger partial charge in [-0.2, -0.15) is 0 Å². The molecule has 0 aliphatic heterocycles. The highest BCUT2D eigenvalue weighted by Crippen LogP contribution is 2.28. The molecule has 0 spiro atoms. The van der Waals surface area contributed by atoms with Crippen molar-refractivity contribution in [3.05, 3.63) is 57.7 Å². The third-order valence-corrected chi connectivity index (χ3v) is 6.75. The molecule has 0 radical (unpaired) electrons. The van der Waals surface area contributed by atoms with Gasteiger partial charge in [-0.05, 0) is 46.1 Å². The second kappa shape index (κ2) is 8.64. The number of rotatable bonds is 8. The van der Waals surface area contributed by atoms with Gasteiger partial charge in [0.2, 0.25) is 5.16 Å². The molecule has 3 aromatic heterocycles. The van der Waals surface area contributed by atoms with Crippen LogP contribution in [0.4, 0.5) is 0 Å². The van der Waals surface area contributed by atoms with Crippen LogP contribution in [0.25, 0.3) is 10.6 Å². The summed E-state index contributed by atoms with van der Waals surface area (Å²) in [7, 11) is 1.67. The molecule has 0 amide bonds. The number of hydrogen-bond donors (Lipinski definition) is 0. The fourth-order valence-corrected chi connectivity index (χ4v) is 4.91. The van der Waals surface area contributed by atoms with Crippen LogP contribution < -0.4 is 4.74 Å². The van der Waals surface area contributed by atoms with Crippen LogP contribution in [0.2, 0.25) is 0 Å². The lowest BCUT2D eigenvalue weighted by Gasteiger charge is -2.02. The van der Waals surface area contributed by atoms with E-state index in [1.54, 1.807) is 41.5 Å². The van der Waals surface area contributed by atoms with Gasteiger partial charge in [-0.3, -0.25) is 0 Å². The highest BCUT2D eigenvalue weighted by molar-refractivity contribution is 7.98. The van der Waals surface area contributed by atoms with Gasteiger partial charge in [0.25, 0.3) is 0 Å². The molecule has 6 nitrogen and oxygen atoms in total. The number of benzene rings is 1. The van der Waals surface area contributed by atoms with Crippen LogP contribution in [0.3, 0.4) is 0 Å². The lowest BCUT2D eigenvalue weighted by molar-refractivity contribution is 0.415. The van der Waals surface area contributed by atoms with Gasteiger partial charge in [0, 0.05) is 28.0 Å². The Morgan fingerprint density at radius 1 is 1.15 bits per heavy atom. The van der Waals surface area contributed by atoms with Gasteiger partial charge in [-0.25, -0.2) is 9.67 Å². The zero-order valence-corrected chi connectivity index (χ0v) is 17.1. The topological polar surface area (TPSA) is 65.7 Å². The molecule has 3 heterocycles. The van der Waals surface area contributed by atoms with E-state index in [1.165, 1.54) is 4.88 Å². The summed E-state index contributed by atoms with van der Waals surface area (Å²) >= 11 is 5.02. The highest BCUT2D eigenvalue weighted by Gasteiger charge is 2.10. The van der Waals surface area contributed by atoms with Gasteiger partial charge in [-0.1, -0.05) is 17.8 Å². The van der Waals surface area contributed by atoms with Crippen molar-refractivity contribution in [2.45, 2.75) is 23.9 Å². The Bertz CT molecular complexity index is 979. The van der Waals surface area contributed by atoms with Crippen LogP contribution in [-0.4, -0.2) is 32.3 Å². The summed E-state index contributed by atoms with van der Waals surface area (Å²) < 4.78 is 7.07. The number of ether oxygens (including phenoxy) is 1. The molecule has 0 saturated heterocycles. The highest BCUT2D eigenvalue weighted by atomic mass is 32.2. The number of thiophene rings is 1. The van der Waals surface area contributed by atoms with Crippen LogP contribution in [0.15, 0.2) is 52.3 Å². The van der Waals surface area contributed by atoms with Gasteiger partial charge >= 0.3 is 0 Å². The van der Waals surface area contributed by atoms with Crippen molar-refractivity contribution in [3.63, 3.8) is 0 Å². The van der Waals surface area contributed by atoms with Crippen molar-refractivity contribution in [1.29, 1.82) is 0 Å². The van der Waals surface area contributed by atoms with Crippen molar-refractivity contribution in [2.24, 2.45) is 0 Å². The summed E-state index contributed by atoms with van der Waals surface area (Å²) in [5, 5.41) is 18.1. The van der Waals surface area contributed by atoms with E-state index in [0.29, 0.717) is 0 Å². The first-order chi connectivity index (χ1) is 13.3. The quantitative estimate of drug-likeness (QED) is 0.397. The minimum atomic E-state index is 0.742. The third-order valence-electron chi connectivity index (χ3n) is 3.89. The van der Waals surface area contributed by atoms with Crippen LogP contribution in [0.5, 0.6) is 5.75 Å². The Morgan fingerprint density at radius 3 is 2.81 bits per heavy atom. The minimum Gasteiger partial charge on any atom is -0.497 e. The first kappa shape index (κ1) is 18.1. The average molecular weight is 416 g/mol. The van der Waals surface area contributed by atoms with Crippen molar-refractivity contribution in [2.75, 3.05) is 7.11 Å². The van der Waals surface area contributed by atoms with Crippen molar-refractivity contribution < 1.29 is 4.74 Å². The number of methoxy groups -OCH3 is 1. The van der Waals surface area contributed by atoms with Crippen LogP contribution in [-0.2, 0) is 18.7 Å². The van der Waals surface area contributed by atoms with E-state index < -0.39 is 0 Å². The number of thioether (sulfide) groups is 1. The maximum absolute atomic E-state index is 5.20. The normalized spacial score (nSPS) is 11.0. The summed E-state index contributed by atoms with van der Waals surface area (Å²) in [5.41, 5.74) is 2.13. The van der Waals surface area contributed by atoms with Crippen LogP contribution in [0, 0.1) is 0 Å². The average Bonchev–Trinajstić information content (AvgIpc) is 3.46. The maximum Gasteiger partial charge on any atom is 0.209 e. The number of thiazole rings is 1. The predicted octanol–water partition coefficient (Wildman–Crippen LogP) is 4.40. The molecule has 27 heavy (non-hydrogen) atoms. The number of tetrazole rings is 1. The maximum atomic E-state index is 5.20.